The van der Waals surface area contributed by atoms with Gasteiger partial charge in [0, 0.05) is 11.6 Å². The second kappa shape index (κ2) is 8.67. The van der Waals surface area contributed by atoms with E-state index in [9.17, 15) is 13.6 Å². The highest BCUT2D eigenvalue weighted by molar-refractivity contribution is 6.33. The van der Waals surface area contributed by atoms with Gasteiger partial charge in [0.15, 0.2) is 6.54 Å². The van der Waals surface area contributed by atoms with Gasteiger partial charge in [-0.15, -0.1) is 0 Å². The molecule has 144 valence electrons. The van der Waals surface area contributed by atoms with Crippen LogP contribution in [-0.4, -0.2) is 38.6 Å². The zero-order valence-corrected chi connectivity index (χ0v) is 15.9. The average molecular weight is 395 g/mol. The summed E-state index contributed by atoms with van der Waals surface area (Å²) in [5.74, 6) is -1.42. The van der Waals surface area contributed by atoms with Gasteiger partial charge in [-0.05, 0) is 25.1 Å². The number of carbonyl (C=O) groups is 1. The van der Waals surface area contributed by atoms with E-state index in [0.717, 1.165) is 43.0 Å². The Hall–Kier alpha value is -2.18. The number of hydrogen-bond donors (Lipinski definition) is 2. The number of nitrogens with zero attached hydrogens (tertiary/aromatic N) is 1. The van der Waals surface area contributed by atoms with Crippen molar-refractivity contribution < 1.29 is 18.5 Å². The number of benzene rings is 2. The molecule has 0 radical (unpaired) electrons. The van der Waals surface area contributed by atoms with Crippen molar-refractivity contribution in [2.24, 2.45) is 0 Å². The molecule has 7 heteroatoms. The summed E-state index contributed by atoms with van der Waals surface area (Å²) >= 11 is 6.25. The van der Waals surface area contributed by atoms with E-state index in [1.54, 1.807) is 6.92 Å². The Balaban J connectivity index is 1.50. The number of para-hydroxylation sites is 1. The number of amides is 1. The zero-order valence-electron chi connectivity index (χ0n) is 15.1. The van der Waals surface area contributed by atoms with E-state index >= 15 is 0 Å². The van der Waals surface area contributed by atoms with Crippen LogP contribution in [0.5, 0.6) is 0 Å². The van der Waals surface area contributed by atoms with Crippen LogP contribution in [-0.2, 0) is 4.79 Å². The minimum absolute atomic E-state index is 0.146. The number of carbonyl (C=O) groups excluding carboxylic acids is 1. The summed E-state index contributed by atoms with van der Waals surface area (Å²) in [6.07, 6.45) is 0. The number of piperazine rings is 1. The summed E-state index contributed by atoms with van der Waals surface area (Å²) in [5.41, 5.74) is 1.30. The van der Waals surface area contributed by atoms with Crippen LogP contribution in [0.3, 0.4) is 0 Å². The molecule has 0 unspecified atom stereocenters. The Morgan fingerprint density at radius 3 is 2.59 bits per heavy atom. The summed E-state index contributed by atoms with van der Waals surface area (Å²) in [4.78, 5) is 15.7. The summed E-state index contributed by atoms with van der Waals surface area (Å²) < 4.78 is 26.9. The van der Waals surface area contributed by atoms with Crippen LogP contribution in [0.15, 0.2) is 42.5 Å². The van der Waals surface area contributed by atoms with Gasteiger partial charge in [-0.2, -0.15) is 0 Å². The molecule has 0 spiro atoms. The van der Waals surface area contributed by atoms with Gasteiger partial charge in [0.2, 0.25) is 0 Å². The van der Waals surface area contributed by atoms with Crippen molar-refractivity contribution in [3.05, 3.63) is 64.7 Å². The molecule has 27 heavy (non-hydrogen) atoms. The van der Waals surface area contributed by atoms with Gasteiger partial charge >= 0.3 is 0 Å². The SMILES string of the molecule is C[C@@H](NC(=O)C[NH+]1CCN(c2ccccc2Cl)CC1)c1ccc(F)cc1F. The molecule has 3 rings (SSSR count). The maximum atomic E-state index is 13.8. The molecule has 2 aromatic carbocycles. The van der Waals surface area contributed by atoms with Crippen molar-refractivity contribution in [1.29, 1.82) is 0 Å². The Morgan fingerprint density at radius 2 is 1.93 bits per heavy atom. The predicted molar refractivity (Wildman–Crippen MR) is 102 cm³/mol. The van der Waals surface area contributed by atoms with Gasteiger partial charge in [0.05, 0.1) is 42.9 Å². The lowest BCUT2D eigenvalue weighted by atomic mass is 10.1. The van der Waals surface area contributed by atoms with Crippen LogP contribution in [0, 0.1) is 11.6 Å². The van der Waals surface area contributed by atoms with Crippen LogP contribution in [0.4, 0.5) is 14.5 Å². The summed E-state index contributed by atoms with van der Waals surface area (Å²) in [5, 5.41) is 3.53. The molecule has 0 aromatic heterocycles. The van der Waals surface area contributed by atoms with E-state index < -0.39 is 17.7 Å². The summed E-state index contributed by atoms with van der Waals surface area (Å²) in [7, 11) is 0. The molecule has 0 bridgehead atoms. The molecule has 1 saturated heterocycles. The topological polar surface area (TPSA) is 36.8 Å². The van der Waals surface area contributed by atoms with E-state index in [2.05, 4.69) is 10.2 Å². The Labute approximate surface area is 162 Å². The van der Waals surface area contributed by atoms with Gasteiger partial charge in [-0.3, -0.25) is 4.79 Å². The van der Waals surface area contributed by atoms with Crippen LogP contribution in [0.1, 0.15) is 18.5 Å². The first-order valence-electron chi connectivity index (χ1n) is 9.01. The quantitative estimate of drug-likeness (QED) is 0.815. The summed E-state index contributed by atoms with van der Waals surface area (Å²) in [6, 6.07) is 10.6. The van der Waals surface area contributed by atoms with E-state index in [1.807, 2.05) is 24.3 Å². The highest BCUT2D eigenvalue weighted by Gasteiger charge is 2.24. The third-order valence-electron chi connectivity index (χ3n) is 4.88. The van der Waals surface area contributed by atoms with Crippen molar-refractivity contribution in [3.63, 3.8) is 0 Å². The fraction of sp³-hybridized carbons (Fsp3) is 0.350. The number of nitrogens with one attached hydrogen (secondary N) is 2. The van der Waals surface area contributed by atoms with Gasteiger partial charge in [-0.1, -0.05) is 29.8 Å². The lowest BCUT2D eigenvalue weighted by Gasteiger charge is -2.34. The molecule has 1 aliphatic heterocycles. The molecule has 1 aliphatic rings. The Bertz CT molecular complexity index is 810. The largest absolute Gasteiger partial charge is 0.359 e. The van der Waals surface area contributed by atoms with Crippen molar-refractivity contribution in [2.75, 3.05) is 37.6 Å². The molecule has 2 N–H and O–H groups in total. The van der Waals surface area contributed by atoms with Crippen molar-refractivity contribution in [3.8, 4) is 0 Å². The highest BCUT2D eigenvalue weighted by Crippen LogP contribution is 2.24. The number of quaternary nitrogens is 1. The van der Waals surface area contributed by atoms with Gasteiger partial charge in [-0.25, -0.2) is 8.78 Å². The fourth-order valence-corrected chi connectivity index (χ4v) is 3.65. The maximum absolute atomic E-state index is 13.8. The Morgan fingerprint density at radius 1 is 1.22 bits per heavy atom. The zero-order chi connectivity index (χ0) is 19.4. The average Bonchev–Trinajstić information content (AvgIpc) is 2.62. The smallest absolute Gasteiger partial charge is 0.275 e. The van der Waals surface area contributed by atoms with Gasteiger partial charge in [0.25, 0.3) is 5.91 Å². The normalized spacial score (nSPS) is 16.2. The minimum atomic E-state index is -0.650. The minimum Gasteiger partial charge on any atom is -0.359 e. The molecule has 1 amide bonds. The maximum Gasteiger partial charge on any atom is 0.275 e. The number of rotatable bonds is 5. The standard InChI is InChI=1S/C20H22ClF2N3O/c1-14(16-7-6-15(22)12-18(16)23)24-20(27)13-25-8-10-26(11-9-25)19-5-3-2-4-17(19)21/h2-7,12,14H,8-11,13H2,1H3,(H,24,27)/p+1/t14-/m1/s1. The Kier molecular flexibility index (Phi) is 6.29. The van der Waals surface area contributed by atoms with Gasteiger partial charge in [0.1, 0.15) is 11.6 Å². The molecule has 4 nitrogen and oxygen atoms in total. The monoisotopic (exact) mass is 394 g/mol. The lowest BCUT2D eigenvalue weighted by molar-refractivity contribution is -0.892. The lowest BCUT2D eigenvalue weighted by Crippen LogP contribution is -3.16. The van der Waals surface area contributed by atoms with Crippen molar-refractivity contribution in [2.45, 2.75) is 13.0 Å². The molecule has 1 atom stereocenters. The second-order valence-electron chi connectivity index (χ2n) is 6.82. The first kappa shape index (κ1) is 19.6. The van der Waals surface area contributed by atoms with Crippen LogP contribution in [0.25, 0.3) is 0 Å². The predicted octanol–water partition coefficient (Wildman–Crippen LogP) is 2.20. The highest BCUT2D eigenvalue weighted by atomic mass is 35.5. The van der Waals surface area contributed by atoms with Crippen LogP contribution < -0.4 is 15.1 Å². The van der Waals surface area contributed by atoms with Crippen LogP contribution >= 0.6 is 11.6 Å². The van der Waals surface area contributed by atoms with Gasteiger partial charge < -0.3 is 15.1 Å². The van der Waals surface area contributed by atoms with E-state index in [1.165, 1.54) is 17.0 Å². The van der Waals surface area contributed by atoms with E-state index in [4.69, 9.17) is 11.6 Å². The van der Waals surface area contributed by atoms with Crippen molar-refractivity contribution >= 4 is 23.2 Å². The first-order valence-corrected chi connectivity index (χ1v) is 9.39. The van der Waals surface area contributed by atoms with E-state index in [0.29, 0.717) is 6.54 Å². The molecule has 1 heterocycles. The third-order valence-corrected chi connectivity index (χ3v) is 5.20. The molecule has 0 saturated carbocycles. The third kappa shape index (κ3) is 4.96. The van der Waals surface area contributed by atoms with Crippen molar-refractivity contribution in [1.82, 2.24) is 5.32 Å². The first-order chi connectivity index (χ1) is 12.9. The molecular weight excluding hydrogens is 372 g/mol. The molecule has 2 aromatic rings. The van der Waals surface area contributed by atoms with E-state index in [-0.39, 0.29) is 11.5 Å². The fourth-order valence-electron chi connectivity index (χ4n) is 3.40. The number of halogens is 3. The molecule has 1 fully saturated rings. The molecule has 0 aliphatic carbocycles. The van der Waals surface area contributed by atoms with Crippen LogP contribution in [0.2, 0.25) is 5.02 Å². The molecular formula is C20H23ClF2N3O+. The summed E-state index contributed by atoms with van der Waals surface area (Å²) in [6.45, 7) is 5.28. The number of anilines is 1. The number of hydrogen-bond acceptors (Lipinski definition) is 2. The second-order valence-corrected chi connectivity index (χ2v) is 7.23.